The topological polar surface area (TPSA) is 52.6 Å². The van der Waals surface area contributed by atoms with Crippen molar-refractivity contribution in [1.29, 1.82) is 0 Å². The molecule has 8 heteroatoms. The molecule has 1 unspecified atom stereocenters. The standard InChI is InChI=1S/C12H14F4N2O2/c1-7(6-19)18(2)11(20)17-10-4-3-8(13)5-9(10)12(14,15)16/h3-5,7,19H,6H2,1-2H3,(H,17,20). The number of aliphatic hydroxyl groups is 1. The average molecular weight is 294 g/mol. The van der Waals surface area contributed by atoms with Crippen LogP contribution in [0.2, 0.25) is 0 Å². The van der Waals surface area contributed by atoms with Crippen molar-refractivity contribution in [3.05, 3.63) is 29.6 Å². The number of rotatable bonds is 3. The lowest BCUT2D eigenvalue weighted by Crippen LogP contribution is -2.40. The molecule has 1 aromatic carbocycles. The molecule has 0 aliphatic rings. The molecule has 112 valence electrons. The molecule has 1 rings (SSSR count). The molecule has 0 bridgehead atoms. The van der Waals surface area contributed by atoms with Gasteiger partial charge < -0.3 is 15.3 Å². The van der Waals surface area contributed by atoms with Crippen LogP contribution in [-0.4, -0.2) is 35.7 Å². The van der Waals surface area contributed by atoms with Gasteiger partial charge in [-0.05, 0) is 25.1 Å². The van der Waals surface area contributed by atoms with E-state index < -0.39 is 35.3 Å². The predicted molar refractivity (Wildman–Crippen MR) is 64.7 cm³/mol. The van der Waals surface area contributed by atoms with E-state index in [0.29, 0.717) is 6.07 Å². The van der Waals surface area contributed by atoms with Crippen LogP contribution in [0.25, 0.3) is 0 Å². The Morgan fingerprint density at radius 2 is 2.05 bits per heavy atom. The van der Waals surface area contributed by atoms with Gasteiger partial charge in [0, 0.05) is 7.05 Å². The summed E-state index contributed by atoms with van der Waals surface area (Å²) in [6.07, 6.45) is -4.79. The number of hydrogen-bond donors (Lipinski definition) is 2. The van der Waals surface area contributed by atoms with Crippen LogP contribution in [0.3, 0.4) is 0 Å². The summed E-state index contributed by atoms with van der Waals surface area (Å²) in [7, 11) is 1.33. The van der Waals surface area contributed by atoms with Gasteiger partial charge in [0.2, 0.25) is 0 Å². The maximum atomic E-state index is 12.9. The average Bonchev–Trinajstić information content (AvgIpc) is 2.37. The largest absolute Gasteiger partial charge is 0.418 e. The third-order valence-electron chi connectivity index (χ3n) is 2.77. The molecule has 0 fully saturated rings. The van der Waals surface area contributed by atoms with Crippen molar-refractivity contribution in [2.24, 2.45) is 0 Å². The predicted octanol–water partition coefficient (Wildman–Crippen LogP) is 2.69. The number of hydrogen-bond acceptors (Lipinski definition) is 2. The first-order valence-electron chi connectivity index (χ1n) is 5.68. The van der Waals surface area contributed by atoms with Crippen LogP contribution in [0, 0.1) is 5.82 Å². The molecular formula is C12H14F4N2O2. The van der Waals surface area contributed by atoms with Gasteiger partial charge >= 0.3 is 12.2 Å². The van der Waals surface area contributed by atoms with Crippen LogP contribution in [0.1, 0.15) is 12.5 Å². The number of amides is 2. The SMILES string of the molecule is CC(CO)N(C)C(=O)Nc1ccc(F)cc1C(F)(F)F. The molecule has 0 spiro atoms. The minimum atomic E-state index is -4.79. The molecule has 0 aromatic heterocycles. The zero-order valence-corrected chi connectivity index (χ0v) is 10.8. The first kappa shape index (κ1) is 16.2. The van der Waals surface area contributed by atoms with E-state index in [9.17, 15) is 22.4 Å². The maximum Gasteiger partial charge on any atom is 0.418 e. The summed E-state index contributed by atoms with van der Waals surface area (Å²) >= 11 is 0. The van der Waals surface area contributed by atoms with Gasteiger partial charge in [-0.25, -0.2) is 9.18 Å². The molecule has 1 atom stereocenters. The lowest BCUT2D eigenvalue weighted by molar-refractivity contribution is -0.137. The smallest absolute Gasteiger partial charge is 0.394 e. The Morgan fingerprint density at radius 1 is 1.45 bits per heavy atom. The molecule has 4 nitrogen and oxygen atoms in total. The Hall–Kier alpha value is -1.83. The Balaban J connectivity index is 3.01. The van der Waals surface area contributed by atoms with Crippen molar-refractivity contribution >= 4 is 11.7 Å². The normalized spacial score (nSPS) is 12.9. The van der Waals surface area contributed by atoms with Crippen molar-refractivity contribution in [2.75, 3.05) is 19.0 Å². The van der Waals surface area contributed by atoms with Crippen molar-refractivity contribution in [1.82, 2.24) is 4.90 Å². The molecule has 0 radical (unpaired) electrons. The van der Waals surface area contributed by atoms with E-state index in [1.807, 2.05) is 5.32 Å². The monoisotopic (exact) mass is 294 g/mol. The molecule has 20 heavy (non-hydrogen) atoms. The first-order chi connectivity index (χ1) is 9.16. The van der Waals surface area contributed by atoms with E-state index in [1.165, 1.54) is 14.0 Å². The number of nitrogens with one attached hydrogen (secondary N) is 1. The van der Waals surface area contributed by atoms with Gasteiger partial charge in [0.15, 0.2) is 0 Å². The number of alkyl halides is 3. The van der Waals surface area contributed by atoms with E-state index >= 15 is 0 Å². The number of carbonyl (C=O) groups is 1. The number of urea groups is 1. The summed E-state index contributed by atoms with van der Waals surface area (Å²) in [6, 6.07) is 0.576. The van der Waals surface area contributed by atoms with Crippen LogP contribution >= 0.6 is 0 Å². The molecule has 0 saturated heterocycles. The van der Waals surface area contributed by atoms with Crippen molar-refractivity contribution in [2.45, 2.75) is 19.1 Å². The van der Waals surface area contributed by atoms with Crippen LogP contribution in [-0.2, 0) is 6.18 Å². The number of likely N-dealkylation sites (N-methyl/N-ethyl adjacent to an activating group) is 1. The summed E-state index contributed by atoms with van der Waals surface area (Å²) in [5.74, 6) is -1.05. The zero-order valence-electron chi connectivity index (χ0n) is 10.8. The van der Waals surface area contributed by atoms with Crippen molar-refractivity contribution < 1.29 is 27.5 Å². The number of aliphatic hydroxyl groups excluding tert-OH is 1. The Bertz CT molecular complexity index is 491. The third kappa shape index (κ3) is 3.83. The van der Waals surface area contributed by atoms with Crippen LogP contribution in [0.5, 0.6) is 0 Å². The zero-order chi connectivity index (χ0) is 15.5. The maximum absolute atomic E-state index is 12.9. The fourth-order valence-corrected chi connectivity index (χ4v) is 1.39. The Morgan fingerprint density at radius 3 is 2.55 bits per heavy atom. The molecule has 0 aliphatic heterocycles. The summed E-state index contributed by atoms with van der Waals surface area (Å²) in [5, 5.41) is 10.9. The summed E-state index contributed by atoms with van der Waals surface area (Å²) < 4.78 is 51.1. The van der Waals surface area contributed by atoms with Crippen LogP contribution in [0.15, 0.2) is 18.2 Å². The quantitative estimate of drug-likeness (QED) is 0.842. The van der Waals surface area contributed by atoms with Gasteiger partial charge in [-0.3, -0.25) is 0 Å². The number of anilines is 1. The number of halogens is 4. The molecular weight excluding hydrogens is 280 g/mol. The molecule has 2 N–H and O–H groups in total. The highest BCUT2D eigenvalue weighted by Gasteiger charge is 2.34. The van der Waals surface area contributed by atoms with E-state index in [1.54, 1.807) is 0 Å². The highest BCUT2D eigenvalue weighted by molar-refractivity contribution is 5.90. The second-order valence-electron chi connectivity index (χ2n) is 4.26. The van der Waals surface area contributed by atoms with Gasteiger partial charge in [0.1, 0.15) is 5.82 Å². The second-order valence-corrected chi connectivity index (χ2v) is 4.26. The number of nitrogens with zero attached hydrogens (tertiary/aromatic N) is 1. The van der Waals surface area contributed by atoms with Gasteiger partial charge in [-0.1, -0.05) is 0 Å². The minimum Gasteiger partial charge on any atom is -0.394 e. The van der Waals surface area contributed by atoms with Crippen molar-refractivity contribution in [3.63, 3.8) is 0 Å². The van der Waals surface area contributed by atoms with E-state index in [2.05, 4.69) is 0 Å². The molecule has 1 aromatic rings. The number of carbonyl (C=O) groups excluding carboxylic acids is 1. The van der Waals surface area contributed by atoms with E-state index in [0.717, 1.165) is 17.0 Å². The summed E-state index contributed by atoms with van der Waals surface area (Å²) in [6.45, 7) is 1.19. The molecule has 0 heterocycles. The first-order valence-corrected chi connectivity index (χ1v) is 5.68. The Labute approximate surface area is 113 Å². The minimum absolute atomic E-state index is 0.311. The summed E-state index contributed by atoms with van der Waals surface area (Å²) in [5.41, 5.74) is -1.81. The second kappa shape index (κ2) is 6.08. The van der Waals surface area contributed by atoms with E-state index in [-0.39, 0.29) is 6.61 Å². The summed E-state index contributed by atoms with van der Waals surface area (Å²) in [4.78, 5) is 12.8. The third-order valence-corrected chi connectivity index (χ3v) is 2.77. The highest BCUT2D eigenvalue weighted by Crippen LogP contribution is 2.35. The van der Waals surface area contributed by atoms with Gasteiger partial charge in [-0.2, -0.15) is 13.2 Å². The highest BCUT2D eigenvalue weighted by atomic mass is 19.4. The van der Waals surface area contributed by atoms with Crippen LogP contribution in [0.4, 0.5) is 28.0 Å². The van der Waals surface area contributed by atoms with Gasteiger partial charge in [0.25, 0.3) is 0 Å². The van der Waals surface area contributed by atoms with Gasteiger partial charge in [0.05, 0.1) is 23.9 Å². The van der Waals surface area contributed by atoms with Crippen molar-refractivity contribution in [3.8, 4) is 0 Å². The fraction of sp³-hybridized carbons (Fsp3) is 0.417. The fourth-order valence-electron chi connectivity index (χ4n) is 1.39. The number of benzene rings is 1. The molecule has 2 amide bonds. The van der Waals surface area contributed by atoms with E-state index in [4.69, 9.17) is 5.11 Å². The molecule has 0 saturated carbocycles. The lowest BCUT2D eigenvalue weighted by atomic mass is 10.1. The molecule has 0 aliphatic carbocycles. The van der Waals surface area contributed by atoms with Gasteiger partial charge in [-0.15, -0.1) is 0 Å². The lowest BCUT2D eigenvalue weighted by Gasteiger charge is -2.24. The van der Waals surface area contributed by atoms with Crippen LogP contribution < -0.4 is 5.32 Å². The Kier molecular flexibility index (Phi) is 4.93.